The molecule has 6 heteroatoms. The maximum Gasteiger partial charge on any atom is 0.294 e. The fraction of sp³-hybridized carbons (Fsp3) is 0.818. The van der Waals surface area contributed by atoms with Gasteiger partial charge in [0, 0.05) is 12.6 Å². The predicted molar refractivity (Wildman–Crippen MR) is 68.4 cm³/mol. The van der Waals surface area contributed by atoms with Crippen LogP contribution in [-0.4, -0.2) is 48.4 Å². The minimum Gasteiger partial charge on any atom is -0.469 e. The van der Waals surface area contributed by atoms with Gasteiger partial charge in [0.15, 0.2) is 0 Å². The van der Waals surface area contributed by atoms with Crippen molar-refractivity contribution >= 4 is 11.3 Å². The van der Waals surface area contributed by atoms with Crippen LogP contribution in [0.15, 0.2) is 0 Å². The van der Waals surface area contributed by atoms with Crippen LogP contribution in [0.5, 0.6) is 5.19 Å². The van der Waals surface area contributed by atoms with Gasteiger partial charge in [-0.1, -0.05) is 11.3 Å². The standard InChI is InChI=1S/C11H20N4OS/c1-15(2)6-3-7-16-11-14-13-10(17-11)8-12-9-4-5-9/h9,12H,3-8H2,1-2H3. The number of ether oxygens (including phenoxy) is 1. The van der Waals surface area contributed by atoms with E-state index in [0.29, 0.717) is 17.8 Å². The van der Waals surface area contributed by atoms with E-state index in [2.05, 4.69) is 34.5 Å². The summed E-state index contributed by atoms with van der Waals surface area (Å²) in [6.45, 7) is 2.57. The predicted octanol–water partition coefficient (Wildman–Crippen LogP) is 1.12. The lowest BCUT2D eigenvalue weighted by Crippen LogP contribution is -2.15. The molecule has 1 fully saturated rings. The Hall–Kier alpha value is -0.720. The van der Waals surface area contributed by atoms with Gasteiger partial charge in [0.1, 0.15) is 5.01 Å². The minimum absolute atomic E-state index is 0.691. The molecule has 0 saturated heterocycles. The number of hydrogen-bond acceptors (Lipinski definition) is 6. The maximum absolute atomic E-state index is 5.55. The molecule has 2 rings (SSSR count). The first kappa shape index (κ1) is 12.7. The zero-order valence-corrected chi connectivity index (χ0v) is 11.3. The second kappa shape index (κ2) is 6.28. The van der Waals surface area contributed by atoms with Crippen LogP contribution in [0.25, 0.3) is 0 Å². The van der Waals surface area contributed by atoms with Crippen LogP contribution in [0, 0.1) is 0 Å². The number of hydrogen-bond donors (Lipinski definition) is 1. The van der Waals surface area contributed by atoms with E-state index < -0.39 is 0 Å². The van der Waals surface area contributed by atoms with Crippen molar-refractivity contribution in [2.75, 3.05) is 27.2 Å². The largest absolute Gasteiger partial charge is 0.469 e. The van der Waals surface area contributed by atoms with Crippen molar-refractivity contribution in [1.82, 2.24) is 20.4 Å². The fourth-order valence-electron chi connectivity index (χ4n) is 1.43. The van der Waals surface area contributed by atoms with Crippen LogP contribution >= 0.6 is 11.3 Å². The van der Waals surface area contributed by atoms with Crippen molar-refractivity contribution in [3.63, 3.8) is 0 Å². The Morgan fingerprint density at radius 1 is 1.41 bits per heavy atom. The van der Waals surface area contributed by atoms with Gasteiger partial charge in [-0.05, 0) is 33.4 Å². The second-order valence-corrected chi connectivity index (χ2v) is 5.65. The molecule has 0 spiro atoms. The molecule has 0 aliphatic heterocycles. The van der Waals surface area contributed by atoms with E-state index in [9.17, 15) is 0 Å². The van der Waals surface area contributed by atoms with Crippen LogP contribution < -0.4 is 10.1 Å². The molecule has 1 saturated carbocycles. The summed E-state index contributed by atoms with van der Waals surface area (Å²) < 4.78 is 5.55. The SMILES string of the molecule is CN(C)CCCOc1nnc(CNC2CC2)s1. The second-order valence-electron chi connectivity index (χ2n) is 4.62. The number of nitrogens with zero attached hydrogens (tertiary/aromatic N) is 3. The van der Waals surface area contributed by atoms with Crippen molar-refractivity contribution in [2.24, 2.45) is 0 Å². The van der Waals surface area contributed by atoms with Crippen molar-refractivity contribution in [1.29, 1.82) is 0 Å². The third-order valence-corrected chi connectivity index (χ3v) is 3.38. The van der Waals surface area contributed by atoms with E-state index in [1.807, 2.05) is 0 Å². The molecule has 5 nitrogen and oxygen atoms in total. The van der Waals surface area contributed by atoms with Gasteiger partial charge >= 0.3 is 0 Å². The Labute approximate surface area is 106 Å². The molecule has 1 aliphatic carbocycles. The summed E-state index contributed by atoms with van der Waals surface area (Å²) in [5.41, 5.74) is 0. The molecule has 0 unspecified atom stereocenters. The van der Waals surface area contributed by atoms with E-state index in [1.54, 1.807) is 11.3 Å². The van der Waals surface area contributed by atoms with Gasteiger partial charge in [-0.25, -0.2) is 0 Å². The summed E-state index contributed by atoms with van der Waals surface area (Å²) in [5.74, 6) is 0. The van der Waals surface area contributed by atoms with Gasteiger partial charge in [0.05, 0.1) is 13.2 Å². The van der Waals surface area contributed by atoms with Crippen molar-refractivity contribution < 1.29 is 4.74 Å². The van der Waals surface area contributed by atoms with Crippen LogP contribution in [-0.2, 0) is 6.54 Å². The third kappa shape index (κ3) is 4.97. The van der Waals surface area contributed by atoms with Crippen LogP contribution in [0.3, 0.4) is 0 Å². The minimum atomic E-state index is 0.691. The Balaban J connectivity index is 1.62. The topological polar surface area (TPSA) is 50.3 Å². The lowest BCUT2D eigenvalue weighted by molar-refractivity contribution is 0.279. The van der Waals surface area contributed by atoms with Crippen LogP contribution in [0.1, 0.15) is 24.3 Å². The normalized spacial score (nSPS) is 15.5. The van der Waals surface area contributed by atoms with Gasteiger partial charge in [0.2, 0.25) is 0 Å². The highest BCUT2D eigenvalue weighted by atomic mass is 32.1. The highest BCUT2D eigenvalue weighted by Crippen LogP contribution is 2.21. The average molecular weight is 256 g/mol. The molecule has 0 radical (unpaired) electrons. The van der Waals surface area contributed by atoms with Crippen molar-refractivity contribution in [2.45, 2.75) is 31.8 Å². The highest BCUT2D eigenvalue weighted by molar-refractivity contribution is 7.13. The van der Waals surface area contributed by atoms with Crippen LogP contribution in [0.2, 0.25) is 0 Å². The van der Waals surface area contributed by atoms with E-state index in [4.69, 9.17) is 4.74 Å². The Morgan fingerprint density at radius 2 is 2.24 bits per heavy atom. The number of nitrogens with one attached hydrogen (secondary N) is 1. The maximum atomic E-state index is 5.55. The zero-order chi connectivity index (χ0) is 12.1. The molecular weight excluding hydrogens is 236 g/mol. The molecule has 1 aromatic rings. The van der Waals surface area contributed by atoms with E-state index in [-0.39, 0.29) is 0 Å². The molecule has 1 aromatic heterocycles. The summed E-state index contributed by atoms with van der Waals surface area (Å²) in [6, 6.07) is 0.711. The fourth-order valence-corrected chi connectivity index (χ4v) is 2.09. The zero-order valence-electron chi connectivity index (χ0n) is 10.5. The van der Waals surface area contributed by atoms with E-state index >= 15 is 0 Å². The third-order valence-electron chi connectivity index (χ3n) is 2.54. The summed E-state index contributed by atoms with van der Waals surface area (Å²) in [6.07, 6.45) is 3.61. The molecule has 0 aromatic carbocycles. The van der Waals surface area contributed by atoms with Gasteiger partial charge < -0.3 is 15.0 Å². The van der Waals surface area contributed by atoms with Gasteiger partial charge in [-0.3, -0.25) is 0 Å². The Morgan fingerprint density at radius 3 is 2.94 bits per heavy atom. The van der Waals surface area contributed by atoms with Crippen molar-refractivity contribution in [3.8, 4) is 5.19 Å². The van der Waals surface area contributed by atoms with E-state index in [0.717, 1.165) is 24.5 Å². The highest BCUT2D eigenvalue weighted by Gasteiger charge is 2.20. The summed E-state index contributed by atoms with van der Waals surface area (Å²) in [4.78, 5) is 2.15. The summed E-state index contributed by atoms with van der Waals surface area (Å²) in [5, 5.41) is 13.2. The Bertz CT molecular complexity index is 338. The lowest BCUT2D eigenvalue weighted by atomic mass is 10.4. The quantitative estimate of drug-likeness (QED) is 0.706. The number of rotatable bonds is 8. The molecule has 0 atom stereocenters. The van der Waals surface area contributed by atoms with Crippen molar-refractivity contribution in [3.05, 3.63) is 5.01 Å². The average Bonchev–Trinajstić information content (AvgIpc) is 3.01. The summed E-state index contributed by atoms with van der Waals surface area (Å²) in [7, 11) is 4.12. The molecule has 1 aliphatic rings. The molecule has 1 N–H and O–H groups in total. The van der Waals surface area contributed by atoms with Gasteiger partial charge in [-0.2, -0.15) is 0 Å². The summed E-state index contributed by atoms with van der Waals surface area (Å²) >= 11 is 1.54. The molecule has 96 valence electrons. The van der Waals surface area contributed by atoms with Crippen LogP contribution in [0.4, 0.5) is 0 Å². The first-order valence-electron chi connectivity index (χ1n) is 6.07. The molecule has 1 heterocycles. The van der Waals surface area contributed by atoms with Gasteiger partial charge in [-0.15, -0.1) is 10.2 Å². The molecule has 0 bridgehead atoms. The first-order valence-corrected chi connectivity index (χ1v) is 6.89. The van der Waals surface area contributed by atoms with Gasteiger partial charge in [0.25, 0.3) is 5.19 Å². The number of aromatic nitrogens is 2. The molecule has 0 amide bonds. The smallest absolute Gasteiger partial charge is 0.294 e. The Kier molecular flexibility index (Phi) is 4.70. The first-order chi connectivity index (χ1) is 8.24. The monoisotopic (exact) mass is 256 g/mol. The van der Waals surface area contributed by atoms with E-state index in [1.165, 1.54) is 12.8 Å². The lowest BCUT2D eigenvalue weighted by Gasteiger charge is -2.08. The molecule has 17 heavy (non-hydrogen) atoms. The molecular formula is C11H20N4OS.